The zero-order chi connectivity index (χ0) is 19.6. The minimum atomic E-state index is 0.0347. The second kappa shape index (κ2) is 8.35. The molecule has 2 aromatic heterocycles. The van der Waals surface area contributed by atoms with E-state index in [0.717, 1.165) is 52.5 Å². The summed E-state index contributed by atoms with van der Waals surface area (Å²) in [5.41, 5.74) is 4.03. The van der Waals surface area contributed by atoms with Crippen molar-refractivity contribution in [2.75, 3.05) is 39.4 Å². The minimum absolute atomic E-state index is 0.0347. The number of morpholine rings is 1. The maximum atomic E-state index is 5.48. The molecule has 2 fully saturated rings. The molecular formula is C21H34N6O. The highest BCUT2D eigenvalue weighted by Crippen LogP contribution is 2.29. The number of aromatic amines is 1. The van der Waals surface area contributed by atoms with E-state index in [2.05, 4.69) is 56.7 Å². The summed E-state index contributed by atoms with van der Waals surface area (Å²) in [7, 11) is 0. The summed E-state index contributed by atoms with van der Waals surface area (Å²) in [5, 5.41) is 12.3. The van der Waals surface area contributed by atoms with Crippen LogP contribution in [-0.2, 0) is 23.4 Å². The number of hydrogen-bond acceptors (Lipinski definition) is 5. The SMILES string of the molecule is CC(C)(C)n1cc(CN2CCC[C@H](c3[nH]ncc3CN3CCOCC3)C2)cn1. The van der Waals surface area contributed by atoms with Crippen LogP contribution in [-0.4, -0.2) is 69.2 Å². The molecule has 154 valence electrons. The summed E-state index contributed by atoms with van der Waals surface area (Å²) in [6.07, 6.45) is 8.71. The average molecular weight is 387 g/mol. The van der Waals surface area contributed by atoms with E-state index in [-0.39, 0.29) is 5.54 Å². The van der Waals surface area contributed by atoms with E-state index in [4.69, 9.17) is 4.74 Å². The van der Waals surface area contributed by atoms with Crippen molar-refractivity contribution in [1.29, 1.82) is 0 Å². The molecule has 0 aromatic carbocycles. The fraction of sp³-hybridized carbons (Fsp3) is 0.714. The van der Waals surface area contributed by atoms with Crippen molar-refractivity contribution < 1.29 is 4.74 Å². The van der Waals surface area contributed by atoms with Gasteiger partial charge in [-0.25, -0.2) is 0 Å². The number of nitrogens with zero attached hydrogens (tertiary/aromatic N) is 5. The number of likely N-dealkylation sites (tertiary alicyclic amines) is 1. The van der Waals surface area contributed by atoms with E-state index in [1.807, 2.05) is 12.4 Å². The lowest BCUT2D eigenvalue weighted by Gasteiger charge is -2.33. The van der Waals surface area contributed by atoms with Gasteiger partial charge in [-0.3, -0.25) is 19.6 Å². The van der Waals surface area contributed by atoms with Crippen molar-refractivity contribution in [3.05, 3.63) is 35.4 Å². The van der Waals surface area contributed by atoms with Gasteiger partial charge in [0.05, 0.1) is 31.1 Å². The summed E-state index contributed by atoms with van der Waals surface area (Å²) in [5.74, 6) is 0.532. The zero-order valence-electron chi connectivity index (χ0n) is 17.5. The smallest absolute Gasteiger partial charge is 0.0594 e. The zero-order valence-corrected chi connectivity index (χ0v) is 17.5. The first kappa shape index (κ1) is 19.6. The highest BCUT2D eigenvalue weighted by atomic mass is 16.5. The van der Waals surface area contributed by atoms with Gasteiger partial charge in [-0.05, 0) is 40.2 Å². The van der Waals surface area contributed by atoms with E-state index < -0.39 is 0 Å². The van der Waals surface area contributed by atoms with Gasteiger partial charge in [-0.2, -0.15) is 10.2 Å². The van der Waals surface area contributed by atoms with Crippen molar-refractivity contribution >= 4 is 0 Å². The van der Waals surface area contributed by atoms with Gasteiger partial charge in [0.25, 0.3) is 0 Å². The summed E-state index contributed by atoms with van der Waals surface area (Å²) < 4.78 is 7.55. The molecule has 2 aliphatic heterocycles. The average Bonchev–Trinajstić information content (AvgIpc) is 3.32. The molecule has 0 amide bonds. The second-order valence-electron chi connectivity index (χ2n) is 9.24. The van der Waals surface area contributed by atoms with Crippen molar-refractivity contribution in [3.63, 3.8) is 0 Å². The van der Waals surface area contributed by atoms with Gasteiger partial charge < -0.3 is 4.74 Å². The first-order chi connectivity index (χ1) is 13.5. The molecule has 0 unspecified atom stereocenters. The molecule has 0 aliphatic carbocycles. The van der Waals surface area contributed by atoms with Crippen LogP contribution in [0.25, 0.3) is 0 Å². The summed E-state index contributed by atoms with van der Waals surface area (Å²) in [6, 6.07) is 0. The molecule has 0 bridgehead atoms. The van der Waals surface area contributed by atoms with Gasteiger partial charge in [0.15, 0.2) is 0 Å². The Hall–Kier alpha value is -1.70. The molecule has 28 heavy (non-hydrogen) atoms. The first-order valence-electron chi connectivity index (χ1n) is 10.6. The van der Waals surface area contributed by atoms with E-state index in [9.17, 15) is 0 Å². The molecule has 1 N–H and O–H groups in total. The number of hydrogen-bond donors (Lipinski definition) is 1. The number of rotatable bonds is 5. The van der Waals surface area contributed by atoms with Crippen LogP contribution >= 0.6 is 0 Å². The quantitative estimate of drug-likeness (QED) is 0.856. The number of ether oxygens (including phenoxy) is 1. The lowest BCUT2D eigenvalue weighted by Crippen LogP contribution is -2.37. The number of H-pyrrole nitrogens is 1. The Bertz CT molecular complexity index is 755. The molecular weight excluding hydrogens is 352 g/mol. The number of piperidine rings is 1. The largest absolute Gasteiger partial charge is 0.379 e. The summed E-state index contributed by atoms with van der Waals surface area (Å²) in [6.45, 7) is 14.5. The van der Waals surface area contributed by atoms with Gasteiger partial charge in [0.2, 0.25) is 0 Å². The van der Waals surface area contributed by atoms with Crippen LogP contribution in [0.3, 0.4) is 0 Å². The van der Waals surface area contributed by atoms with Crippen LogP contribution in [0.5, 0.6) is 0 Å². The molecule has 0 spiro atoms. The minimum Gasteiger partial charge on any atom is -0.379 e. The third kappa shape index (κ3) is 4.64. The molecule has 4 heterocycles. The van der Waals surface area contributed by atoms with Crippen molar-refractivity contribution in [1.82, 2.24) is 29.8 Å². The number of nitrogens with one attached hydrogen (secondary N) is 1. The Morgan fingerprint density at radius 2 is 1.93 bits per heavy atom. The predicted molar refractivity (Wildman–Crippen MR) is 109 cm³/mol. The molecule has 2 saturated heterocycles. The molecule has 4 rings (SSSR count). The Labute approximate surface area is 168 Å². The van der Waals surface area contributed by atoms with E-state index in [1.165, 1.54) is 29.7 Å². The van der Waals surface area contributed by atoms with Crippen molar-refractivity contribution in [3.8, 4) is 0 Å². The lowest BCUT2D eigenvalue weighted by molar-refractivity contribution is 0.0339. The van der Waals surface area contributed by atoms with E-state index in [1.54, 1.807) is 0 Å². The fourth-order valence-electron chi connectivity index (χ4n) is 4.30. The van der Waals surface area contributed by atoms with Gasteiger partial charge in [0.1, 0.15) is 0 Å². The highest BCUT2D eigenvalue weighted by Gasteiger charge is 2.26. The molecule has 2 aromatic rings. The maximum absolute atomic E-state index is 5.48. The molecule has 2 aliphatic rings. The Kier molecular flexibility index (Phi) is 5.85. The van der Waals surface area contributed by atoms with Gasteiger partial charge in [-0.1, -0.05) is 0 Å². The Balaban J connectivity index is 1.39. The van der Waals surface area contributed by atoms with Gasteiger partial charge in [0, 0.05) is 61.7 Å². The summed E-state index contributed by atoms with van der Waals surface area (Å²) >= 11 is 0. The molecule has 0 saturated carbocycles. The first-order valence-corrected chi connectivity index (χ1v) is 10.6. The van der Waals surface area contributed by atoms with Crippen LogP contribution in [0.4, 0.5) is 0 Å². The third-order valence-corrected chi connectivity index (χ3v) is 5.89. The van der Waals surface area contributed by atoms with Crippen LogP contribution in [0, 0.1) is 0 Å². The van der Waals surface area contributed by atoms with Crippen molar-refractivity contribution in [2.45, 2.75) is 58.2 Å². The molecule has 1 atom stereocenters. The van der Waals surface area contributed by atoms with Crippen LogP contribution in [0.1, 0.15) is 56.4 Å². The highest BCUT2D eigenvalue weighted by molar-refractivity contribution is 5.22. The Morgan fingerprint density at radius 1 is 1.11 bits per heavy atom. The monoisotopic (exact) mass is 386 g/mol. The maximum Gasteiger partial charge on any atom is 0.0594 e. The molecule has 7 heteroatoms. The molecule has 7 nitrogen and oxygen atoms in total. The lowest BCUT2D eigenvalue weighted by atomic mass is 9.92. The summed E-state index contributed by atoms with van der Waals surface area (Å²) in [4.78, 5) is 5.04. The van der Waals surface area contributed by atoms with Crippen LogP contribution < -0.4 is 0 Å². The normalized spacial score (nSPS) is 22.6. The van der Waals surface area contributed by atoms with E-state index >= 15 is 0 Å². The predicted octanol–water partition coefficient (Wildman–Crippen LogP) is 2.57. The number of aromatic nitrogens is 4. The van der Waals surface area contributed by atoms with Crippen LogP contribution in [0.15, 0.2) is 18.6 Å². The Morgan fingerprint density at radius 3 is 2.68 bits per heavy atom. The topological polar surface area (TPSA) is 62.2 Å². The van der Waals surface area contributed by atoms with Crippen LogP contribution in [0.2, 0.25) is 0 Å². The second-order valence-corrected chi connectivity index (χ2v) is 9.24. The third-order valence-electron chi connectivity index (χ3n) is 5.89. The molecule has 0 radical (unpaired) electrons. The fourth-order valence-corrected chi connectivity index (χ4v) is 4.30. The standard InChI is InChI=1S/C21H34N6O/c1-21(2,3)27-14-17(11-23-27)13-26-6-4-5-18(15-26)20-19(12-22-24-20)16-25-7-9-28-10-8-25/h11-12,14,18H,4-10,13,15-16H2,1-3H3,(H,22,24)/t18-/m0/s1. The van der Waals surface area contributed by atoms with Gasteiger partial charge >= 0.3 is 0 Å². The van der Waals surface area contributed by atoms with Crippen molar-refractivity contribution in [2.24, 2.45) is 0 Å². The van der Waals surface area contributed by atoms with E-state index in [0.29, 0.717) is 5.92 Å². The van der Waals surface area contributed by atoms with Gasteiger partial charge in [-0.15, -0.1) is 0 Å².